The first-order valence-corrected chi connectivity index (χ1v) is 15.3. The Hall–Kier alpha value is -2.85. The number of methoxy groups -OCH3 is 1. The number of benzene rings is 1. The molecule has 2 N–H and O–H groups in total. The number of nitrogens with zero attached hydrogens (tertiary/aromatic N) is 2. The third-order valence-electron chi connectivity index (χ3n) is 7.49. The van der Waals surface area contributed by atoms with Crippen LogP contribution in [0.25, 0.3) is 0 Å². The lowest BCUT2D eigenvalue weighted by atomic mass is 9.87. The highest BCUT2D eigenvalue weighted by atomic mass is 16.6. The van der Waals surface area contributed by atoms with Gasteiger partial charge in [-0.15, -0.1) is 0 Å². The van der Waals surface area contributed by atoms with Crippen molar-refractivity contribution in [1.29, 1.82) is 0 Å². The minimum atomic E-state index is -0.716. The summed E-state index contributed by atoms with van der Waals surface area (Å²) in [5, 5.41) is 12.8. The first kappa shape index (κ1) is 33.6. The van der Waals surface area contributed by atoms with Crippen molar-refractivity contribution in [3.8, 4) is 5.75 Å². The molecule has 1 aliphatic carbocycles. The number of carbonyl (C=O) groups is 3. The van der Waals surface area contributed by atoms with Gasteiger partial charge in [-0.05, 0) is 70.9 Å². The van der Waals surface area contributed by atoms with Crippen LogP contribution in [-0.4, -0.2) is 85.6 Å². The summed E-state index contributed by atoms with van der Waals surface area (Å²) < 4.78 is 16.8. The molecule has 1 saturated heterocycles. The number of hydrogen-bond donors (Lipinski definition) is 2. The van der Waals surface area contributed by atoms with Crippen molar-refractivity contribution in [3.05, 3.63) is 23.8 Å². The smallest absolute Gasteiger partial charge is 0.410 e. The van der Waals surface area contributed by atoms with Crippen molar-refractivity contribution in [2.24, 2.45) is 17.8 Å². The highest BCUT2D eigenvalue weighted by Gasteiger charge is 2.43. The van der Waals surface area contributed by atoms with Crippen LogP contribution in [0.5, 0.6) is 5.75 Å². The third kappa shape index (κ3) is 9.87. The lowest BCUT2D eigenvalue weighted by molar-refractivity contribution is -0.131. The quantitative estimate of drug-likeness (QED) is 0.330. The predicted octanol–water partition coefficient (Wildman–Crippen LogP) is 4.30. The maximum Gasteiger partial charge on any atom is 0.410 e. The molecule has 0 spiro atoms. The highest BCUT2D eigenvalue weighted by molar-refractivity contribution is 5.97. The summed E-state index contributed by atoms with van der Waals surface area (Å²) in [7, 11) is 1.66. The molecule has 10 nitrogen and oxygen atoms in total. The summed E-state index contributed by atoms with van der Waals surface area (Å²) in [6.07, 6.45) is 2.93. The molecule has 2 aliphatic rings. The molecule has 0 bridgehead atoms. The number of piperidine rings is 1. The van der Waals surface area contributed by atoms with E-state index in [4.69, 9.17) is 14.2 Å². The number of amides is 3. The molecule has 3 amide bonds. The van der Waals surface area contributed by atoms with E-state index in [1.807, 2.05) is 43.9 Å². The van der Waals surface area contributed by atoms with Crippen LogP contribution in [0.15, 0.2) is 18.2 Å². The average Bonchev–Trinajstić information content (AvgIpc) is 3.76. The van der Waals surface area contributed by atoms with Crippen molar-refractivity contribution in [1.82, 2.24) is 10.2 Å². The molecule has 1 heterocycles. The number of aryl methyl sites for hydroxylation is 1. The third-order valence-corrected chi connectivity index (χ3v) is 7.49. The van der Waals surface area contributed by atoms with E-state index in [-0.39, 0.29) is 49.5 Å². The van der Waals surface area contributed by atoms with Crippen LogP contribution in [0.4, 0.5) is 10.5 Å². The molecule has 42 heavy (non-hydrogen) atoms. The van der Waals surface area contributed by atoms with Crippen molar-refractivity contribution in [2.45, 2.75) is 91.3 Å². The van der Waals surface area contributed by atoms with Gasteiger partial charge in [-0.25, -0.2) is 4.79 Å². The van der Waals surface area contributed by atoms with Crippen molar-refractivity contribution >= 4 is 23.6 Å². The molecule has 0 aromatic heterocycles. The fraction of sp³-hybridized carbons (Fsp3) is 0.719. The number of nitrogens with one attached hydrogen (secondary N) is 1. The van der Waals surface area contributed by atoms with Crippen LogP contribution < -0.4 is 15.0 Å². The van der Waals surface area contributed by atoms with Crippen LogP contribution >= 0.6 is 0 Å². The zero-order chi connectivity index (χ0) is 31.0. The lowest BCUT2D eigenvalue weighted by Crippen LogP contribution is -2.54. The first-order valence-electron chi connectivity index (χ1n) is 15.3. The van der Waals surface area contributed by atoms with E-state index in [1.165, 1.54) is 4.90 Å². The highest BCUT2D eigenvalue weighted by Crippen LogP contribution is 2.37. The van der Waals surface area contributed by atoms with Crippen LogP contribution in [0.2, 0.25) is 0 Å². The minimum absolute atomic E-state index is 0.0653. The molecular weight excluding hydrogens is 538 g/mol. The number of anilines is 1. The molecule has 236 valence electrons. The molecule has 3 rings (SSSR count). The Morgan fingerprint density at radius 3 is 2.40 bits per heavy atom. The zero-order valence-electron chi connectivity index (χ0n) is 26.5. The zero-order valence-corrected chi connectivity index (χ0v) is 26.5. The fourth-order valence-corrected chi connectivity index (χ4v) is 5.34. The molecule has 1 aromatic rings. The number of ether oxygens (including phenoxy) is 3. The predicted molar refractivity (Wildman–Crippen MR) is 162 cm³/mol. The van der Waals surface area contributed by atoms with Gasteiger partial charge in [-0.2, -0.15) is 0 Å². The number of aliphatic hydroxyl groups excluding tert-OH is 1. The largest absolute Gasteiger partial charge is 0.493 e. The van der Waals surface area contributed by atoms with E-state index < -0.39 is 23.5 Å². The molecule has 1 saturated carbocycles. The van der Waals surface area contributed by atoms with Crippen LogP contribution in [0.3, 0.4) is 0 Å². The summed E-state index contributed by atoms with van der Waals surface area (Å²) in [6, 6.07) is 5.48. The maximum absolute atomic E-state index is 14.2. The monoisotopic (exact) mass is 589 g/mol. The van der Waals surface area contributed by atoms with E-state index >= 15 is 0 Å². The van der Waals surface area contributed by atoms with Gasteiger partial charge in [-0.1, -0.05) is 19.9 Å². The Morgan fingerprint density at radius 1 is 1.12 bits per heavy atom. The second kappa shape index (κ2) is 15.0. The summed E-state index contributed by atoms with van der Waals surface area (Å²) in [5.41, 5.74) is 1.01. The molecule has 10 heteroatoms. The average molecular weight is 590 g/mol. The second-order valence-corrected chi connectivity index (χ2v) is 13.1. The Morgan fingerprint density at radius 2 is 1.81 bits per heavy atom. The van der Waals surface area contributed by atoms with E-state index in [0.29, 0.717) is 26.1 Å². The minimum Gasteiger partial charge on any atom is -0.493 e. The summed E-state index contributed by atoms with van der Waals surface area (Å²) >= 11 is 0. The van der Waals surface area contributed by atoms with E-state index in [9.17, 15) is 19.5 Å². The first-order chi connectivity index (χ1) is 19.8. The number of hydrogen-bond acceptors (Lipinski definition) is 7. The molecule has 1 aliphatic heterocycles. The molecule has 1 aromatic carbocycles. The van der Waals surface area contributed by atoms with Gasteiger partial charge in [-0.3, -0.25) is 9.59 Å². The Balaban J connectivity index is 1.85. The normalized spacial score (nSPS) is 19.8. The number of carbonyl (C=O) groups excluding carboxylic acids is 3. The molecule has 3 atom stereocenters. The summed E-state index contributed by atoms with van der Waals surface area (Å²) in [4.78, 5) is 44.2. The lowest BCUT2D eigenvalue weighted by Gasteiger charge is -2.39. The van der Waals surface area contributed by atoms with Crippen LogP contribution in [0, 0.1) is 24.7 Å². The Kier molecular flexibility index (Phi) is 12.1. The van der Waals surface area contributed by atoms with Gasteiger partial charge >= 0.3 is 6.09 Å². The second-order valence-electron chi connectivity index (χ2n) is 13.1. The van der Waals surface area contributed by atoms with Gasteiger partial charge in [0.25, 0.3) is 0 Å². The van der Waals surface area contributed by atoms with Crippen LogP contribution in [0.1, 0.15) is 72.3 Å². The number of rotatable bonds is 13. The number of aliphatic hydroxyl groups is 1. The van der Waals surface area contributed by atoms with Gasteiger partial charge in [0.2, 0.25) is 11.8 Å². The topological polar surface area (TPSA) is 118 Å². The van der Waals surface area contributed by atoms with Gasteiger partial charge in [0.15, 0.2) is 0 Å². The van der Waals surface area contributed by atoms with Crippen LogP contribution in [-0.2, 0) is 19.1 Å². The van der Waals surface area contributed by atoms with E-state index in [1.54, 1.807) is 27.9 Å². The molecular formula is C32H51N3O7. The fourth-order valence-electron chi connectivity index (χ4n) is 5.34. The Labute approximate surface area is 251 Å². The molecule has 2 fully saturated rings. The Bertz CT molecular complexity index is 1070. The standard InChI is InChI=1S/C32H51N3O7/c1-21(2)15-25(20-36)33-29(37)23-16-24(19-34(18-23)31(39)42-32(4,5)6)30(38)35(26-11-12-26)27-10-9-22(3)28(17-27)41-14-8-13-40-7/h9-10,17,21,23-26,36H,8,11-16,18-20H2,1-7H3,(H,33,37)/t23-,24+,25?/m0/s1. The molecule has 1 unspecified atom stereocenters. The van der Waals surface area contributed by atoms with Gasteiger partial charge in [0.05, 0.1) is 31.1 Å². The maximum atomic E-state index is 14.2. The van der Waals surface area contributed by atoms with Crippen molar-refractivity contribution in [3.63, 3.8) is 0 Å². The van der Waals surface area contributed by atoms with Crippen molar-refractivity contribution in [2.75, 3.05) is 44.9 Å². The van der Waals surface area contributed by atoms with E-state index in [0.717, 1.165) is 36.3 Å². The van der Waals surface area contributed by atoms with Crippen molar-refractivity contribution < 1.29 is 33.7 Å². The SMILES string of the molecule is COCCCOc1cc(N(C(=O)[C@@H]2C[C@H](C(=O)NC(CO)CC(C)C)CN(C(=O)OC(C)(C)C)C2)C2CC2)ccc1C. The van der Waals surface area contributed by atoms with Gasteiger partial charge in [0.1, 0.15) is 11.4 Å². The molecule has 0 radical (unpaired) electrons. The van der Waals surface area contributed by atoms with Gasteiger partial charge < -0.3 is 34.4 Å². The summed E-state index contributed by atoms with van der Waals surface area (Å²) in [5.74, 6) is -0.567. The van der Waals surface area contributed by atoms with Gasteiger partial charge in [0, 0.05) is 51.0 Å². The van der Waals surface area contributed by atoms with E-state index in [2.05, 4.69) is 5.32 Å². The number of likely N-dealkylation sites (tertiary alicyclic amines) is 1. The summed E-state index contributed by atoms with van der Waals surface area (Å²) in [6.45, 7) is 12.7.